The highest BCUT2D eigenvalue weighted by molar-refractivity contribution is 5.73. The quantitative estimate of drug-likeness (QED) is 0.589. The zero-order valence-electron chi connectivity index (χ0n) is 6.90. The monoisotopic (exact) mass is 153 g/mol. The molecule has 0 N–H and O–H groups in total. The van der Waals surface area contributed by atoms with Crippen molar-refractivity contribution in [2.45, 2.75) is 19.8 Å². The topological polar surface area (TPSA) is 47.8 Å². The minimum atomic E-state index is 0.254. The van der Waals surface area contributed by atoms with E-state index in [-0.39, 0.29) is 5.92 Å². The molecule has 0 bridgehead atoms. The molecule has 0 saturated carbocycles. The lowest BCUT2D eigenvalue weighted by Crippen LogP contribution is -1.99. The Morgan fingerprint density at radius 1 is 1.55 bits per heavy atom. The van der Waals surface area contributed by atoms with Gasteiger partial charge in [0.25, 0.3) is 0 Å². The van der Waals surface area contributed by atoms with Crippen molar-refractivity contribution < 1.29 is 4.79 Å². The largest absolute Gasteiger partial charge is 0.296 e. The lowest BCUT2D eigenvalue weighted by Gasteiger charge is -1.98. The average molecular weight is 153 g/mol. The Kier molecular flexibility index (Phi) is 2.03. The molecule has 0 unspecified atom stereocenters. The highest BCUT2D eigenvalue weighted by Gasteiger charge is 2.11. The first-order valence-corrected chi connectivity index (χ1v) is 3.51. The standard InChI is InChI=1S/C7H11N3O/c1-5(2)7-6(4-11)10(3)9-8-7/h4-5H,1-3H3. The molecular formula is C7H11N3O. The number of rotatable bonds is 2. The predicted octanol–water partition coefficient (Wildman–Crippen LogP) is 0.751. The van der Waals surface area contributed by atoms with Gasteiger partial charge in [-0.1, -0.05) is 19.1 Å². The zero-order chi connectivity index (χ0) is 8.43. The summed E-state index contributed by atoms with van der Waals surface area (Å²) in [6.07, 6.45) is 0.787. The number of carbonyl (C=O) groups is 1. The first kappa shape index (κ1) is 7.91. The molecular weight excluding hydrogens is 142 g/mol. The average Bonchev–Trinajstić information content (AvgIpc) is 2.30. The molecule has 0 aliphatic carbocycles. The fourth-order valence-corrected chi connectivity index (χ4v) is 0.928. The molecule has 4 heteroatoms. The molecule has 1 rings (SSSR count). The Labute approximate surface area is 65.2 Å². The van der Waals surface area contributed by atoms with Crippen LogP contribution in [-0.2, 0) is 7.05 Å². The second-order valence-corrected chi connectivity index (χ2v) is 2.76. The van der Waals surface area contributed by atoms with Crippen LogP contribution in [0.3, 0.4) is 0 Å². The molecule has 1 heterocycles. The maximum atomic E-state index is 10.5. The van der Waals surface area contributed by atoms with Crippen LogP contribution in [0.15, 0.2) is 0 Å². The van der Waals surface area contributed by atoms with Crippen molar-refractivity contribution in [3.8, 4) is 0 Å². The summed E-state index contributed by atoms with van der Waals surface area (Å²) >= 11 is 0. The van der Waals surface area contributed by atoms with Crippen molar-refractivity contribution in [2.24, 2.45) is 7.05 Å². The molecule has 60 valence electrons. The van der Waals surface area contributed by atoms with Crippen LogP contribution in [0.25, 0.3) is 0 Å². The van der Waals surface area contributed by atoms with E-state index in [0.717, 1.165) is 12.0 Å². The summed E-state index contributed by atoms with van der Waals surface area (Å²) in [5.74, 6) is 0.254. The summed E-state index contributed by atoms with van der Waals surface area (Å²) in [6.45, 7) is 3.97. The lowest BCUT2D eigenvalue weighted by atomic mass is 10.1. The van der Waals surface area contributed by atoms with Gasteiger partial charge in [0.05, 0.1) is 5.69 Å². The third kappa shape index (κ3) is 1.29. The van der Waals surface area contributed by atoms with Gasteiger partial charge in [-0.2, -0.15) is 0 Å². The van der Waals surface area contributed by atoms with Crippen molar-refractivity contribution >= 4 is 6.29 Å². The van der Waals surface area contributed by atoms with E-state index in [4.69, 9.17) is 0 Å². The van der Waals surface area contributed by atoms with Crippen molar-refractivity contribution in [2.75, 3.05) is 0 Å². The minimum Gasteiger partial charge on any atom is -0.296 e. The van der Waals surface area contributed by atoms with Crippen LogP contribution in [0.4, 0.5) is 0 Å². The lowest BCUT2D eigenvalue weighted by molar-refractivity contribution is 0.111. The first-order chi connectivity index (χ1) is 5.16. The summed E-state index contributed by atoms with van der Waals surface area (Å²) in [4.78, 5) is 10.5. The molecule has 0 saturated heterocycles. The van der Waals surface area contributed by atoms with Crippen LogP contribution >= 0.6 is 0 Å². The van der Waals surface area contributed by atoms with E-state index < -0.39 is 0 Å². The van der Waals surface area contributed by atoms with Gasteiger partial charge in [0.2, 0.25) is 0 Å². The maximum absolute atomic E-state index is 10.5. The molecule has 0 atom stereocenters. The maximum Gasteiger partial charge on any atom is 0.170 e. The Morgan fingerprint density at radius 2 is 2.18 bits per heavy atom. The predicted molar refractivity (Wildman–Crippen MR) is 40.5 cm³/mol. The van der Waals surface area contributed by atoms with Gasteiger partial charge >= 0.3 is 0 Å². The van der Waals surface area contributed by atoms with E-state index >= 15 is 0 Å². The van der Waals surface area contributed by atoms with E-state index in [1.165, 1.54) is 4.68 Å². The van der Waals surface area contributed by atoms with Crippen molar-refractivity contribution in [1.82, 2.24) is 15.0 Å². The van der Waals surface area contributed by atoms with Gasteiger partial charge < -0.3 is 0 Å². The Hall–Kier alpha value is -1.19. The number of aldehydes is 1. The van der Waals surface area contributed by atoms with Gasteiger partial charge in [-0.3, -0.25) is 4.79 Å². The van der Waals surface area contributed by atoms with Crippen LogP contribution < -0.4 is 0 Å². The number of hydrogen-bond donors (Lipinski definition) is 0. The molecule has 11 heavy (non-hydrogen) atoms. The van der Waals surface area contributed by atoms with Crippen LogP contribution in [0, 0.1) is 0 Å². The minimum absolute atomic E-state index is 0.254. The van der Waals surface area contributed by atoms with Crippen molar-refractivity contribution in [3.63, 3.8) is 0 Å². The van der Waals surface area contributed by atoms with Crippen molar-refractivity contribution in [3.05, 3.63) is 11.4 Å². The molecule has 0 aliphatic rings. The van der Waals surface area contributed by atoms with Gasteiger partial charge in [0.1, 0.15) is 5.69 Å². The Bertz CT molecular complexity index is 265. The van der Waals surface area contributed by atoms with E-state index in [2.05, 4.69) is 10.3 Å². The highest BCUT2D eigenvalue weighted by Crippen LogP contribution is 2.13. The molecule has 0 aromatic carbocycles. The fraction of sp³-hybridized carbons (Fsp3) is 0.571. The van der Waals surface area contributed by atoms with E-state index in [1.807, 2.05) is 13.8 Å². The second-order valence-electron chi connectivity index (χ2n) is 2.76. The third-order valence-electron chi connectivity index (χ3n) is 1.56. The Morgan fingerprint density at radius 3 is 2.55 bits per heavy atom. The van der Waals surface area contributed by atoms with Gasteiger partial charge in [-0.05, 0) is 5.92 Å². The second kappa shape index (κ2) is 2.82. The molecule has 1 aromatic rings. The molecule has 0 spiro atoms. The molecule has 0 aliphatic heterocycles. The van der Waals surface area contributed by atoms with Crippen LogP contribution in [0.2, 0.25) is 0 Å². The zero-order valence-corrected chi connectivity index (χ0v) is 6.90. The van der Waals surface area contributed by atoms with Gasteiger partial charge in [-0.15, -0.1) is 5.10 Å². The number of aromatic nitrogens is 3. The number of carbonyl (C=O) groups excluding carboxylic acids is 1. The Balaban J connectivity index is 3.15. The summed E-state index contributed by atoms with van der Waals surface area (Å²) in [5.41, 5.74) is 1.34. The number of nitrogens with zero attached hydrogens (tertiary/aromatic N) is 3. The third-order valence-corrected chi connectivity index (χ3v) is 1.56. The molecule has 0 amide bonds. The van der Waals surface area contributed by atoms with Crippen LogP contribution in [-0.4, -0.2) is 21.3 Å². The van der Waals surface area contributed by atoms with Crippen LogP contribution in [0.5, 0.6) is 0 Å². The van der Waals surface area contributed by atoms with E-state index in [9.17, 15) is 4.79 Å². The van der Waals surface area contributed by atoms with E-state index in [0.29, 0.717) is 5.69 Å². The normalized spacial score (nSPS) is 10.5. The summed E-state index contributed by atoms with van der Waals surface area (Å²) in [6, 6.07) is 0. The van der Waals surface area contributed by atoms with Gasteiger partial charge in [0, 0.05) is 7.05 Å². The van der Waals surface area contributed by atoms with Crippen molar-refractivity contribution in [1.29, 1.82) is 0 Å². The molecule has 1 aromatic heterocycles. The number of aryl methyl sites for hydroxylation is 1. The van der Waals surface area contributed by atoms with Crippen LogP contribution in [0.1, 0.15) is 35.9 Å². The van der Waals surface area contributed by atoms with E-state index in [1.54, 1.807) is 7.05 Å². The summed E-state index contributed by atoms with van der Waals surface area (Å²) in [7, 11) is 1.71. The SMILES string of the molecule is CC(C)c1nnn(C)c1C=O. The summed E-state index contributed by atoms with van der Waals surface area (Å²) in [5, 5.41) is 7.61. The molecule has 0 fully saturated rings. The molecule has 4 nitrogen and oxygen atoms in total. The summed E-state index contributed by atoms with van der Waals surface area (Å²) < 4.78 is 1.49. The van der Waals surface area contributed by atoms with Gasteiger partial charge in [-0.25, -0.2) is 4.68 Å². The number of hydrogen-bond acceptors (Lipinski definition) is 3. The smallest absolute Gasteiger partial charge is 0.170 e. The fourth-order valence-electron chi connectivity index (χ4n) is 0.928. The first-order valence-electron chi connectivity index (χ1n) is 3.51. The van der Waals surface area contributed by atoms with Gasteiger partial charge in [0.15, 0.2) is 6.29 Å². The molecule has 0 radical (unpaired) electrons. The highest BCUT2D eigenvalue weighted by atomic mass is 16.1.